The van der Waals surface area contributed by atoms with E-state index in [1.807, 2.05) is 30.3 Å². The van der Waals surface area contributed by atoms with Crippen LogP contribution in [0.5, 0.6) is 11.5 Å². The summed E-state index contributed by atoms with van der Waals surface area (Å²) in [5.41, 5.74) is 0.872. The molecule has 0 atom stereocenters. The number of benzene rings is 3. The summed E-state index contributed by atoms with van der Waals surface area (Å²) in [5, 5.41) is 2.29. The fourth-order valence-electron chi connectivity index (χ4n) is 4.10. The Hall–Kier alpha value is -2.60. The zero-order valence-corrected chi connectivity index (χ0v) is 20.2. The molecule has 0 unspecified atom stereocenters. The topological polar surface area (TPSA) is 36.9 Å². The second-order valence-corrected chi connectivity index (χ2v) is 12.7. The number of hydrogen-bond acceptors (Lipinski definition) is 4. The van der Waals surface area contributed by atoms with E-state index in [9.17, 15) is 0 Å². The summed E-state index contributed by atoms with van der Waals surface area (Å²) in [6, 6.07) is 27.0. The van der Waals surface area contributed by atoms with Gasteiger partial charge in [-0.2, -0.15) is 0 Å². The molecular weight excluding hydrogens is 404 g/mol. The molecule has 0 spiro atoms. The highest BCUT2D eigenvalue weighted by Gasteiger charge is 2.52. The van der Waals surface area contributed by atoms with Crippen molar-refractivity contribution < 1.29 is 18.6 Å². The molecule has 3 rings (SSSR count). The zero-order valence-electron chi connectivity index (χ0n) is 19.2. The van der Waals surface area contributed by atoms with Crippen molar-refractivity contribution in [1.29, 1.82) is 0 Å². The maximum Gasteiger partial charge on any atom is 0.320 e. The summed E-state index contributed by atoms with van der Waals surface area (Å²) in [4.78, 5) is 0. The third-order valence-electron chi connectivity index (χ3n) is 5.57. The van der Waals surface area contributed by atoms with Crippen LogP contribution in [-0.4, -0.2) is 29.6 Å². The average molecular weight is 437 g/mol. The van der Waals surface area contributed by atoms with E-state index in [0.29, 0.717) is 11.5 Å². The van der Waals surface area contributed by atoms with Crippen LogP contribution in [-0.2, 0) is 9.47 Å². The molecular formula is C26H32O4Si. The molecule has 4 nitrogen and oxygen atoms in total. The van der Waals surface area contributed by atoms with Crippen molar-refractivity contribution in [1.82, 2.24) is 0 Å². The predicted octanol–water partition coefficient (Wildman–Crippen LogP) is 4.93. The summed E-state index contributed by atoms with van der Waals surface area (Å²) in [6.07, 6.45) is -0.462. The molecule has 0 radical (unpaired) electrons. The molecule has 3 aromatic rings. The Morgan fingerprint density at radius 3 is 1.61 bits per heavy atom. The van der Waals surface area contributed by atoms with Crippen molar-refractivity contribution in [3.63, 3.8) is 0 Å². The van der Waals surface area contributed by atoms with Crippen LogP contribution in [0.15, 0.2) is 78.9 Å². The molecule has 0 saturated carbocycles. The zero-order chi connectivity index (χ0) is 22.5. The van der Waals surface area contributed by atoms with Gasteiger partial charge in [0.25, 0.3) is 0 Å². The quantitative estimate of drug-likeness (QED) is 0.371. The molecule has 3 aromatic carbocycles. The third-order valence-corrected chi connectivity index (χ3v) is 10.5. The molecule has 0 heterocycles. The highest BCUT2D eigenvalue weighted by atomic mass is 28.4. The third kappa shape index (κ3) is 4.54. The van der Waals surface area contributed by atoms with Crippen LogP contribution < -0.4 is 19.5 Å². The first-order chi connectivity index (χ1) is 14.9. The molecule has 0 aliphatic heterocycles. The van der Waals surface area contributed by atoms with Crippen LogP contribution >= 0.6 is 0 Å². The van der Waals surface area contributed by atoms with Crippen LogP contribution in [0.3, 0.4) is 0 Å². The van der Waals surface area contributed by atoms with Gasteiger partial charge in [0.1, 0.15) is 5.75 Å². The van der Waals surface area contributed by atoms with Gasteiger partial charge in [-0.1, -0.05) is 87.5 Å². The first-order valence-electron chi connectivity index (χ1n) is 10.4. The van der Waals surface area contributed by atoms with E-state index in [4.69, 9.17) is 18.6 Å². The normalized spacial score (nSPS) is 12.1. The van der Waals surface area contributed by atoms with Gasteiger partial charge >= 0.3 is 8.32 Å². The standard InChI is InChI=1S/C26H32O4Si/c1-26(2,3)31(21-13-9-7-10-14-21,22-15-11-8-12-16-22)30-23-18-17-20(19-24(23)27-4)25(28-5)29-6/h7-19,25H,1-6H3. The molecule has 0 amide bonds. The van der Waals surface area contributed by atoms with Gasteiger partial charge in [0.05, 0.1) is 7.11 Å². The summed E-state index contributed by atoms with van der Waals surface area (Å²) in [5.74, 6) is 1.37. The summed E-state index contributed by atoms with van der Waals surface area (Å²) in [6.45, 7) is 6.77. The monoisotopic (exact) mass is 436 g/mol. The summed E-state index contributed by atoms with van der Waals surface area (Å²) in [7, 11) is 2.15. The molecule has 0 N–H and O–H groups in total. The summed E-state index contributed by atoms with van der Waals surface area (Å²) < 4.78 is 23.7. The Labute approximate surface area is 186 Å². The minimum absolute atomic E-state index is 0.138. The van der Waals surface area contributed by atoms with Crippen LogP contribution in [0.25, 0.3) is 0 Å². The second-order valence-electron chi connectivity index (χ2n) is 8.48. The van der Waals surface area contributed by atoms with Crippen molar-refractivity contribution in [3.05, 3.63) is 84.4 Å². The molecule has 0 bridgehead atoms. The van der Waals surface area contributed by atoms with Gasteiger partial charge in [0.2, 0.25) is 0 Å². The first-order valence-corrected chi connectivity index (χ1v) is 12.3. The summed E-state index contributed by atoms with van der Waals surface area (Å²) >= 11 is 0. The minimum atomic E-state index is -2.74. The fraction of sp³-hybridized carbons (Fsp3) is 0.308. The Balaban J connectivity index is 2.21. The molecule has 0 aliphatic carbocycles. The molecule has 31 heavy (non-hydrogen) atoms. The van der Waals surface area contributed by atoms with E-state index in [0.717, 1.165) is 5.56 Å². The van der Waals surface area contributed by atoms with Crippen molar-refractivity contribution >= 4 is 18.7 Å². The maximum atomic E-state index is 7.09. The number of rotatable bonds is 8. The Morgan fingerprint density at radius 1 is 0.677 bits per heavy atom. The lowest BCUT2D eigenvalue weighted by atomic mass is 10.2. The van der Waals surface area contributed by atoms with E-state index in [2.05, 4.69) is 69.3 Å². The molecule has 0 aromatic heterocycles. The van der Waals surface area contributed by atoms with Gasteiger partial charge in [-0.15, -0.1) is 0 Å². The molecule has 5 heteroatoms. The van der Waals surface area contributed by atoms with Gasteiger partial charge in [-0.25, -0.2) is 0 Å². The van der Waals surface area contributed by atoms with E-state index < -0.39 is 14.6 Å². The number of ether oxygens (including phenoxy) is 3. The predicted molar refractivity (Wildman–Crippen MR) is 128 cm³/mol. The Morgan fingerprint density at radius 2 is 1.19 bits per heavy atom. The SMILES string of the molecule is COc1cc(C(OC)OC)ccc1O[Si](c1ccccc1)(c1ccccc1)C(C)(C)C. The smallest absolute Gasteiger partial charge is 0.320 e. The van der Waals surface area contributed by atoms with Gasteiger partial charge < -0.3 is 18.6 Å². The van der Waals surface area contributed by atoms with Crippen LogP contribution in [0.4, 0.5) is 0 Å². The van der Waals surface area contributed by atoms with Gasteiger partial charge in [0.15, 0.2) is 12.0 Å². The second kappa shape index (κ2) is 9.69. The number of methoxy groups -OCH3 is 3. The van der Waals surface area contributed by atoms with Crippen molar-refractivity contribution in [3.8, 4) is 11.5 Å². The van der Waals surface area contributed by atoms with E-state index in [1.165, 1.54) is 10.4 Å². The fourth-order valence-corrected chi connectivity index (χ4v) is 8.53. The van der Waals surface area contributed by atoms with E-state index in [1.54, 1.807) is 21.3 Å². The lowest BCUT2D eigenvalue weighted by Crippen LogP contribution is -2.68. The largest absolute Gasteiger partial charge is 0.531 e. The molecule has 0 fully saturated rings. The van der Waals surface area contributed by atoms with Crippen LogP contribution in [0, 0.1) is 0 Å². The van der Waals surface area contributed by atoms with E-state index in [-0.39, 0.29) is 5.04 Å². The minimum Gasteiger partial charge on any atom is -0.531 e. The number of hydrogen-bond donors (Lipinski definition) is 0. The van der Waals surface area contributed by atoms with E-state index >= 15 is 0 Å². The maximum absolute atomic E-state index is 7.09. The lowest BCUT2D eigenvalue weighted by Gasteiger charge is -2.43. The molecule has 164 valence electrons. The highest BCUT2D eigenvalue weighted by Crippen LogP contribution is 2.40. The van der Waals surface area contributed by atoms with Crippen LogP contribution in [0.1, 0.15) is 32.6 Å². The van der Waals surface area contributed by atoms with Crippen molar-refractivity contribution in [2.24, 2.45) is 0 Å². The van der Waals surface area contributed by atoms with Gasteiger partial charge in [-0.3, -0.25) is 0 Å². The average Bonchev–Trinajstić information content (AvgIpc) is 2.79. The van der Waals surface area contributed by atoms with Crippen LogP contribution in [0.2, 0.25) is 5.04 Å². The first kappa shape index (κ1) is 23.1. The van der Waals surface area contributed by atoms with Gasteiger partial charge in [0, 0.05) is 19.8 Å². The van der Waals surface area contributed by atoms with Crippen molar-refractivity contribution in [2.75, 3.05) is 21.3 Å². The molecule has 0 saturated heterocycles. The van der Waals surface area contributed by atoms with Crippen molar-refractivity contribution in [2.45, 2.75) is 32.1 Å². The highest BCUT2D eigenvalue weighted by molar-refractivity contribution is 7.00. The lowest BCUT2D eigenvalue weighted by molar-refractivity contribution is -0.106. The van der Waals surface area contributed by atoms with Gasteiger partial charge in [-0.05, 0) is 27.5 Å². The Kier molecular flexibility index (Phi) is 7.21. The molecule has 0 aliphatic rings. The Bertz CT molecular complexity index is 924.